The number of quaternary nitrogens is 1. The minimum atomic E-state index is -0.231. The van der Waals surface area contributed by atoms with E-state index in [0.717, 1.165) is 4.48 Å². The topological polar surface area (TPSA) is 35.0 Å². The highest BCUT2D eigenvalue weighted by molar-refractivity contribution is 14.0. The third kappa shape index (κ3) is 8.20. The zero-order valence-electron chi connectivity index (χ0n) is 13.6. The maximum absolute atomic E-state index is 2.27. The minimum absolute atomic E-state index is 0. The first-order valence-corrected chi connectivity index (χ1v) is 8.27. The molecule has 2 nitrogen and oxygen atoms in total. The molecule has 0 saturated heterocycles. The molecule has 5 heteroatoms. The van der Waals surface area contributed by atoms with Crippen LogP contribution in [0.15, 0.2) is 60.7 Å². The molecular weight excluding hydrogens is 517 g/mol. The Morgan fingerprint density at radius 1 is 0.773 bits per heavy atom. The molecule has 0 radical (unpaired) electrons. The predicted octanol–water partition coefficient (Wildman–Crippen LogP) is 0.610. The van der Waals surface area contributed by atoms with Crippen LogP contribution in [0.25, 0.3) is 0 Å². The Hall–Kier alpha value is 0.250. The Kier molecular flexibility index (Phi) is 13.1. The first-order valence-electron chi connectivity index (χ1n) is 6.74. The van der Waals surface area contributed by atoms with E-state index in [-0.39, 0.29) is 62.0 Å². The van der Waals surface area contributed by atoms with Crippen LogP contribution in [0.3, 0.4) is 0 Å². The summed E-state index contributed by atoms with van der Waals surface area (Å²) in [6.45, 7) is 1.20. The smallest absolute Gasteiger partial charge is 0.0826 e. The summed E-state index contributed by atoms with van der Waals surface area (Å²) in [6, 6.07) is 21.9. The van der Waals surface area contributed by atoms with Crippen molar-refractivity contribution in [3.63, 3.8) is 0 Å². The van der Waals surface area contributed by atoms with Crippen molar-refractivity contribution in [2.24, 2.45) is 0 Å². The van der Waals surface area contributed by atoms with Crippen molar-refractivity contribution in [1.82, 2.24) is 6.15 Å². The first-order chi connectivity index (χ1) is 9.06. The van der Waals surface area contributed by atoms with E-state index in [1.165, 1.54) is 23.3 Å². The van der Waals surface area contributed by atoms with E-state index in [2.05, 4.69) is 81.8 Å². The lowest BCUT2D eigenvalue weighted by Crippen LogP contribution is -3.00. The quantitative estimate of drug-likeness (QED) is 0.335. The molecule has 22 heavy (non-hydrogen) atoms. The van der Waals surface area contributed by atoms with Gasteiger partial charge in [0.25, 0.3) is 0 Å². The second-order valence-electron chi connectivity index (χ2n) is 5.84. The summed E-state index contributed by atoms with van der Waals surface area (Å²) in [6.07, 6.45) is 1.24. The third-order valence-electron chi connectivity index (χ3n) is 3.13. The molecule has 2 aromatic carbocycles. The number of benzene rings is 2. The van der Waals surface area contributed by atoms with Crippen molar-refractivity contribution in [3.8, 4) is 0 Å². The molecule has 2 rings (SSSR count). The number of halogens is 2. The van der Waals surface area contributed by atoms with E-state index < -0.39 is 0 Å². The SMILES string of the molecule is C[N+](C)(C)CCP(c1ccccc1)c1ccccc1.I.N.[I-]. The molecule has 0 saturated carbocycles. The zero-order chi connectivity index (χ0) is 13.7. The third-order valence-corrected chi connectivity index (χ3v) is 5.62. The molecule has 2 aromatic rings. The average molecular weight is 544 g/mol. The van der Waals surface area contributed by atoms with E-state index in [4.69, 9.17) is 0 Å². The van der Waals surface area contributed by atoms with Gasteiger partial charge in [-0.25, -0.2) is 0 Å². The summed E-state index contributed by atoms with van der Waals surface area (Å²) in [5.74, 6) is 0. The highest BCUT2D eigenvalue weighted by Gasteiger charge is 2.17. The summed E-state index contributed by atoms with van der Waals surface area (Å²) in [5.41, 5.74) is 0. The molecule has 3 N–H and O–H groups in total. The average Bonchev–Trinajstić information content (AvgIpc) is 2.40. The summed E-state index contributed by atoms with van der Waals surface area (Å²) >= 11 is 0. The molecule has 124 valence electrons. The van der Waals surface area contributed by atoms with E-state index >= 15 is 0 Å². The Morgan fingerprint density at radius 3 is 1.45 bits per heavy atom. The molecule has 0 aliphatic carbocycles. The maximum atomic E-state index is 2.27. The van der Waals surface area contributed by atoms with Gasteiger partial charge in [0.15, 0.2) is 0 Å². The van der Waals surface area contributed by atoms with Gasteiger partial charge in [-0.05, 0) is 18.5 Å². The predicted molar refractivity (Wildman–Crippen MR) is 107 cm³/mol. The lowest BCUT2D eigenvalue weighted by molar-refractivity contribution is -0.867. The second kappa shape index (κ2) is 11.7. The van der Waals surface area contributed by atoms with Crippen molar-refractivity contribution in [3.05, 3.63) is 60.7 Å². The van der Waals surface area contributed by atoms with Gasteiger partial charge < -0.3 is 34.6 Å². The zero-order valence-corrected chi connectivity index (χ0v) is 19.0. The van der Waals surface area contributed by atoms with Crippen LogP contribution in [-0.4, -0.2) is 38.3 Å². The maximum Gasteiger partial charge on any atom is 0.0826 e. The van der Waals surface area contributed by atoms with E-state index in [0.29, 0.717) is 0 Å². The van der Waals surface area contributed by atoms with Crippen molar-refractivity contribution in [2.75, 3.05) is 33.8 Å². The van der Waals surface area contributed by atoms with Gasteiger partial charge >= 0.3 is 0 Å². The second-order valence-corrected chi connectivity index (χ2v) is 8.17. The van der Waals surface area contributed by atoms with Gasteiger partial charge in [-0.1, -0.05) is 60.7 Å². The molecule has 0 aliphatic heterocycles. The van der Waals surface area contributed by atoms with Crippen molar-refractivity contribution in [2.45, 2.75) is 0 Å². The normalized spacial score (nSPS) is 10.2. The van der Waals surface area contributed by atoms with Gasteiger partial charge in [-0.2, -0.15) is 0 Å². The van der Waals surface area contributed by atoms with Gasteiger partial charge in [0.2, 0.25) is 0 Å². The molecule has 0 amide bonds. The molecule has 0 heterocycles. The summed E-state index contributed by atoms with van der Waals surface area (Å²) < 4.78 is 1.03. The van der Waals surface area contributed by atoms with Crippen LogP contribution in [0, 0.1) is 0 Å². The largest absolute Gasteiger partial charge is 1.00 e. The summed E-state index contributed by atoms with van der Waals surface area (Å²) in [5, 5.41) is 2.97. The summed E-state index contributed by atoms with van der Waals surface area (Å²) in [4.78, 5) is 0. The molecule has 0 spiro atoms. The number of rotatable bonds is 5. The minimum Gasteiger partial charge on any atom is -1.00 e. The fourth-order valence-electron chi connectivity index (χ4n) is 2.02. The Labute approximate surface area is 170 Å². The van der Waals surface area contributed by atoms with E-state index in [1.54, 1.807) is 0 Å². The molecule has 0 fully saturated rings. The van der Waals surface area contributed by atoms with Crippen LogP contribution in [0.5, 0.6) is 0 Å². The molecule has 0 aromatic heterocycles. The van der Waals surface area contributed by atoms with E-state index in [9.17, 15) is 0 Å². The number of nitrogens with zero attached hydrogens (tertiary/aromatic N) is 1. The van der Waals surface area contributed by atoms with Gasteiger partial charge in [0.05, 0.1) is 27.7 Å². The summed E-state index contributed by atoms with van der Waals surface area (Å²) in [7, 11) is 6.57. The van der Waals surface area contributed by atoms with Crippen molar-refractivity contribution in [1.29, 1.82) is 0 Å². The van der Waals surface area contributed by atoms with E-state index in [1.807, 2.05) is 0 Å². The van der Waals surface area contributed by atoms with Gasteiger partial charge in [0, 0.05) is 6.16 Å². The van der Waals surface area contributed by atoms with Crippen molar-refractivity contribution < 1.29 is 28.5 Å². The van der Waals surface area contributed by atoms with Gasteiger partial charge in [-0.3, -0.25) is 0 Å². The highest BCUT2D eigenvalue weighted by atomic mass is 127. The van der Waals surface area contributed by atoms with Gasteiger partial charge in [0.1, 0.15) is 0 Å². The number of hydrogen-bond donors (Lipinski definition) is 1. The van der Waals surface area contributed by atoms with Crippen LogP contribution in [0.4, 0.5) is 0 Å². The lowest BCUT2D eigenvalue weighted by Gasteiger charge is -2.27. The molecule has 0 atom stereocenters. The van der Waals surface area contributed by atoms with Crippen LogP contribution in [0.1, 0.15) is 0 Å². The van der Waals surface area contributed by atoms with Crippen LogP contribution in [-0.2, 0) is 0 Å². The Balaban J connectivity index is 0. The standard InChI is InChI=1S/C17H23NP.2HI.H3N/c1-18(2,3)14-15-19(16-10-6-4-7-11-16)17-12-8-5-9-13-17;;;/h4-13H,14-15H2,1-3H3;2*1H;1H3/q+1;;;/p-1. The Morgan fingerprint density at radius 2 is 1.14 bits per heavy atom. The first kappa shape index (κ1) is 24.5. The number of hydrogen-bond acceptors (Lipinski definition) is 1. The molecule has 0 bridgehead atoms. The fourth-order valence-corrected chi connectivity index (χ4v) is 4.70. The Bertz CT molecular complexity index is 462. The van der Waals surface area contributed by atoms with Gasteiger partial charge in [-0.15, -0.1) is 24.0 Å². The highest BCUT2D eigenvalue weighted by Crippen LogP contribution is 2.33. The molecule has 0 aliphatic rings. The monoisotopic (exact) mass is 544 g/mol. The fraction of sp³-hybridized carbons (Fsp3) is 0.294. The van der Waals surface area contributed by atoms with Crippen LogP contribution < -0.4 is 40.7 Å². The van der Waals surface area contributed by atoms with Crippen molar-refractivity contribution >= 4 is 42.5 Å². The van der Waals surface area contributed by atoms with Crippen LogP contribution in [0.2, 0.25) is 0 Å². The molecule has 0 unspecified atom stereocenters. The lowest BCUT2D eigenvalue weighted by atomic mass is 10.4. The van der Waals surface area contributed by atoms with Crippen LogP contribution >= 0.6 is 31.9 Å². The molecular formula is C17H27I2N2P.